The van der Waals surface area contributed by atoms with E-state index >= 15 is 0 Å². The van der Waals surface area contributed by atoms with Crippen LogP contribution in [0.1, 0.15) is 12.5 Å². The first-order valence-electron chi connectivity index (χ1n) is 9.76. The summed E-state index contributed by atoms with van der Waals surface area (Å²) in [5, 5.41) is 11.3. The van der Waals surface area contributed by atoms with E-state index < -0.39 is 15.9 Å². The highest BCUT2D eigenvalue weighted by atomic mass is 35.5. The standard InChI is InChI=1S/C21H23ClN4O5S/c1-15(27)23-19-8-7-17(14-18(19)22)32(30,31)26-12-10-25(11-13-26)20-5-3-2-4-16(20)6-9-21(28)24-29/h2-9,14,29H,10-13H2,1H3,(H,23,27)(H,24,28). The molecule has 32 heavy (non-hydrogen) atoms. The van der Waals surface area contributed by atoms with Gasteiger partial charge in [0.1, 0.15) is 0 Å². The third-order valence-electron chi connectivity index (χ3n) is 4.93. The molecule has 0 radical (unpaired) electrons. The molecule has 9 nitrogen and oxygen atoms in total. The molecule has 3 N–H and O–H groups in total. The molecule has 2 aromatic carbocycles. The van der Waals surface area contributed by atoms with E-state index in [4.69, 9.17) is 16.8 Å². The lowest BCUT2D eigenvalue weighted by atomic mass is 10.1. The van der Waals surface area contributed by atoms with Crippen LogP contribution in [0.15, 0.2) is 53.4 Å². The summed E-state index contributed by atoms with van der Waals surface area (Å²) in [6, 6.07) is 11.6. The second-order valence-electron chi connectivity index (χ2n) is 7.08. The molecule has 1 fully saturated rings. The number of anilines is 2. The van der Waals surface area contributed by atoms with Crippen LogP contribution in [0.4, 0.5) is 11.4 Å². The molecule has 1 heterocycles. The third-order valence-corrected chi connectivity index (χ3v) is 7.14. The molecule has 2 aromatic rings. The van der Waals surface area contributed by atoms with Crippen LogP contribution in [0.25, 0.3) is 6.08 Å². The first-order chi connectivity index (χ1) is 15.2. The van der Waals surface area contributed by atoms with Gasteiger partial charge in [0.15, 0.2) is 0 Å². The summed E-state index contributed by atoms with van der Waals surface area (Å²) < 4.78 is 27.5. The first-order valence-corrected chi connectivity index (χ1v) is 11.6. The van der Waals surface area contributed by atoms with E-state index in [9.17, 15) is 18.0 Å². The van der Waals surface area contributed by atoms with Crippen LogP contribution in [0, 0.1) is 0 Å². The number of para-hydroxylation sites is 1. The minimum Gasteiger partial charge on any atom is -0.368 e. The number of benzene rings is 2. The van der Waals surface area contributed by atoms with Gasteiger partial charge >= 0.3 is 0 Å². The summed E-state index contributed by atoms with van der Waals surface area (Å²) in [6.45, 7) is 2.78. The van der Waals surface area contributed by atoms with Crippen LogP contribution in [-0.2, 0) is 19.6 Å². The number of nitrogens with one attached hydrogen (secondary N) is 2. The Morgan fingerprint density at radius 2 is 1.78 bits per heavy atom. The average molecular weight is 479 g/mol. The Labute approximate surface area is 191 Å². The molecule has 170 valence electrons. The predicted octanol–water partition coefficient (Wildman–Crippen LogP) is 2.33. The van der Waals surface area contributed by atoms with E-state index in [1.165, 1.54) is 35.5 Å². The lowest BCUT2D eigenvalue weighted by Gasteiger charge is -2.36. The molecule has 0 atom stereocenters. The zero-order chi connectivity index (χ0) is 23.3. The number of halogens is 1. The quantitative estimate of drug-likeness (QED) is 0.333. The fraction of sp³-hybridized carbons (Fsp3) is 0.238. The lowest BCUT2D eigenvalue weighted by Crippen LogP contribution is -2.48. The molecular weight excluding hydrogens is 456 g/mol. The number of hydroxylamine groups is 1. The number of amides is 2. The van der Waals surface area contributed by atoms with Gasteiger partial charge in [0.2, 0.25) is 15.9 Å². The van der Waals surface area contributed by atoms with Gasteiger partial charge in [0, 0.05) is 44.9 Å². The Bertz CT molecular complexity index is 1140. The molecule has 1 saturated heterocycles. The summed E-state index contributed by atoms with van der Waals surface area (Å²) in [6.07, 6.45) is 2.80. The van der Waals surface area contributed by atoms with Gasteiger partial charge in [-0.15, -0.1) is 0 Å². The van der Waals surface area contributed by atoms with Gasteiger partial charge in [0.05, 0.1) is 15.6 Å². The number of sulfonamides is 1. The zero-order valence-electron chi connectivity index (χ0n) is 17.3. The minimum atomic E-state index is -3.76. The highest BCUT2D eigenvalue weighted by molar-refractivity contribution is 7.89. The summed E-state index contributed by atoms with van der Waals surface area (Å²) in [5.74, 6) is -0.940. The van der Waals surface area contributed by atoms with Crippen molar-refractivity contribution in [1.29, 1.82) is 0 Å². The number of hydrogen-bond donors (Lipinski definition) is 3. The number of carbonyl (C=O) groups excluding carboxylic acids is 2. The van der Waals surface area contributed by atoms with Gasteiger partial charge in [-0.3, -0.25) is 14.8 Å². The van der Waals surface area contributed by atoms with Crippen molar-refractivity contribution in [1.82, 2.24) is 9.79 Å². The van der Waals surface area contributed by atoms with Crippen LogP contribution >= 0.6 is 11.6 Å². The average Bonchev–Trinajstić information content (AvgIpc) is 2.78. The van der Waals surface area contributed by atoms with Crippen LogP contribution in [0.5, 0.6) is 0 Å². The minimum absolute atomic E-state index is 0.0587. The smallest absolute Gasteiger partial charge is 0.267 e. The molecule has 0 unspecified atom stereocenters. The van der Waals surface area contributed by atoms with Crippen molar-refractivity contribution < 1.29 is 23.2 Å². The molecule has 0 bridgehead atoms. The Morgan fingerprint density at radius 1 is 1.09 bits per heavy atom. The molecule has 3 rings (SSSR count). The van der Waals surface area contributed by atoms with Gasteiger partial charge in [-0.2, -0.15) is 4.31 Å². The number of rotatable bonds is 6. The normalized spacial score (nSPS) is 15.0. The van der Waals surface area contributed by atoms with Crippen molar-refractivity contribution in [3.05, 3.63) is 59.1 Å². The van der Waals surface area contributed by atoms with Gasteiger partial charge in [0.25, 0.3) is 5.91 Å². The molecule has 0 saturated carbocycles. The maximum atomic E-state index is 13.1. The fourth-order valence-electron chi connectivity index (χ4n) is 3.38. The topological polar surface area (TPSA) is 119 Å². The fourth-order valence-corrected chi connectivity index (χ4v) is 5.13. The van der Waals surface area contributed by atoms with Crippen LogP contribution in [0.3, 0.4) is 0 Å². The van der Waals surface area contributed by atoms with E-state index in [2.05, 4.69) is 5.32 Å². The van der Waals surface area contributed by atoms with Gasteiger partial charge < -0.3 is 10.2 Å². The number of piperazine rings is 1. The van der Waals surface area contributed by atoms with E-state index in [1.807, 2.05) is 29.2 Å². The maximum Gasteiger partial charge on any atom is 0.267 e. The van der Waals surface area contributed by atoms with Crippen molar-refractivity contribution in [3.63, 3.8) is 0 Å². The Hall–Kier alpha value is -2.92. The van der Waals surface area contributed by atoms with Crippen LogP contribution in [-0.4, -0.2) is 55.9 Å². The molecule has 11 heteroatoms. The van der Waals surface area contributed by atoms with E-state index in [1.54, 1.807) is 11.6 Å². The molecule has 0 aliphatic carbocycles. The second-order valence-corrected chi connectivity index (χ2v) is 9.43. The van der Waals surface area contributed by atoms with Crippen molar-refractivity contribution >= 4 is 50.9 Å². The SMILES string of the molecule is CC(=O)Nc1ccc(S(=O)(=O)N2CCN(c3ccccc3C=CC(=O)NO)CC2)cc1Cl. The van der Waals surface area contributed by atoms with Crippen molar-refractivity contribution in [3.8, 4) is 0 Å². The summed E-state index contributed by atoms with van der Waals surface area (Å²) in [4.78, 5) is 24.6. The molecule has 2 amide bonds. The molecule has 1 aliphatic heterocycles. The van der Waals surface area contributed by atoms with Gasteiger partial charge in [-0.05, 0) is 35.9 Å². The third kappa shape index (κ3) is 5.46. The monoisotopic (exact) mass is 478 g/mol. The van der Waals surface area contributed by atoms with Crippen LogP contribution < -0.4 is 15.7 Å². The van der Waals surface area contributed by atoms with Crippen molar-refractivity contribution in [2.75, 3.05) is 36.4 Å². The number of nitrogens with zero attached hydrogens (tertiary/aromatic N) is 2. The predicted molar refractivity (Wildman–Crippen MR) is 122 cm³/mol. The highest BCUT2D eigenvalue weighted by Gasteiger charge is 2.29. The van der Waals surface area contributed by atoms with Gasteiger partial charge in [-0.25, -0.2) is 13.9 Å². The number of carbonyl (C=O) groups is 2. The Balaban J connectivity index is 1.73. The second kappa shape index (κ2) is 10.1. The Morgan fingerprint density at radius 3 is 2.41 bits per heavy atom. The van der Waals surface area contributed by atoms with E-state index in [0.717, 1.165) is 11.3 Å². The first kappa shape index (κ1) is 23.7. The molecular formula is C21H23ClN4O5S. The molecule has 1 aliphatic rings. The zero-order valence-corrected chi connectivity index (χ0v) is 18.9. The van der Waals surface area contributed by atoms with E-state index in [0.29, 0.717) is 18.8 Å². The van der Waals surface area contributed by atoms with Crippen molar-refractivity contribution in [2.24, 2.45) is 0 Å². The van der Waals surface area contributed by atoms with Crippen LogP contribution in [0.2, 0.25) is 5.02 Å². The van der Waals surface area contributed by atoms with E-state index in [-0.39, 0.29) is 28.9 Å². The van der Waals surface area contributed by atoms with Crippen molar-refractivity contribution in [2.45, 2.75) is 11.8 Å². The van der Waals surface area contributed by atoms with Gasteiger partial charge in [-0.1, -0.05) is 29.8 Å². The highest BCUT2D eigenvalue weighted by Crippen LogP contribution is 2.29. The number of hydrogen-bond acceptors (Lipinski definition) is 6. The molecule has 0 aromatic heterocycles. The summed E-state index contributed by atoms with van der Waals surface area (Å²) in [5.41, 5.74) is 3.52. The summed E-state index contributed by atoms with van der Waals surface area (Å²) in [7, 11) is -3.76. The molecule has 0 spiro atoms. The summed E-state index contributed by atoms with van der Waals surface area (Å²) >= 11 is 6.15. The largest absolute Gasteiger partial charge is 0.368 e. The lowest BCUT2D eigenvalue weighted by molar-refractivity contribution is -0.124. The maximum absolute atomic E-state index is 13.1. The Kier molecular flexibility index (Phi) is 7.52.